The van der Waals surface area contributed by atoms with Gasteiger partial charge in [0.25, 0.3) is 5.56 Å². The van der Waals surface area contributed by atoms with E-state index in [-0.39, 0.29) is 28.8 Å². The summed E-state index contributed by atoms with van der Waals surface area (Å²) in [4.78, 5) is 25.8. The molecule has 4 rings (SSSR count). The number of aliphatic hydroxyl groups excluding tert-OH is 1. The minimum atomic E-state index is -1.53. The first kappa shape index (κ1) is 26.3. The lowest BCUT2D eigenvalue weighted by molar-refractivity contribution is -0.00576. The number of ether oxygens (including phenoxy) is 1. The van der Waals surface area contributed by atoms with Gasteiger partial charge in [0.1, 0.15) is 34.5 Å². The molecule has 0 aromatic carbocycles. The lowest BCUT2D eigenvalue weighted by Gasteiger charge is -2.20. The molecule has 0 radical (unpaired) electrons. The Hall–Kier alpha value is -3.73. The van der Waals surface area contributed by atoms with Crippen molar-refractivity contribution in [3.63, 3.8) is 0 Å². The predicted molar refractivity (Wildman–Crippen MR) is 133 cm³/mol. The summed E-state index contributed by atoms with van der Waals surface area (Å²) in [6, 6.07) is 8.86. The number of hydrogen-bond acceptors (Lipinski definition) is 7. The smallest absolute Gasteiger partial charge is 0.277 e. The molecule has 4 aromatic heterocycles. The minimum absolute atomic E-state index is 0.0264. The molecule has 1 atom stereocenters. The molecule has 0 saturated carbocycles. The van der Waals surface area contributed by atoms with E-state index in [2.05, 4.69) is 15.0 Å². The van der Waals surface area contributed by atoms with Crippen LogP contribution in [0.2, 0.25) is 5.02 Å². The summed E-state index contributed by atoms with van der Waals surface area (Å²) in [5.74, 6) is -1.66. The number of aryl methyl sites for hydroxylation is 2. The van der Waals surface area contributed by atoms with Gasteiger partial charge in [0.2, 0.25) is 0 Å². The third-order valence-electron chi connectivity index (χ3n) is 5.74. The van der Waals surface area contributed by atoms with Crippen LogP contribution in [0.4, 0.5) is 8.78 Å². The van der Waals surface area contributed by atoms with Crippen LogP contribution in [0.1, 0.15) is 29.6 Å². The maximum Gasteiger partial charge on any atom is 0.277 e. The molecule has 0 aliphatic rings. The van der Waals surface area contributed by atoms with E-state index in [1.165, 1.54) is 17.6 Å². The predicted octanol–water partition coefficient (Wildman–Crippen LogP) is 4.02. The maximum atomic E-state index is 13.9. The molecule has 2 N–H and O–H groups in total. The van der Waals surface area contributed by atoms with E-state index >= 15 is 0 Å². The number of hydrogen-bond donors (Lipinski definition) is 2. The molecule has 0 aliphatic heterocycles. The van der Waals surface area contributed by atoms with Gasteiger partial charge in [0.05, 0.1) is 35.6 Å². The molecule has 37 heavy (non-hydrogen) atoms. The molecule has 4 aromatic rings. The second kappa shape index (κ2) is 10.3. The zero-order chi connectivity index (χ0) is 26.9. The van der Waals surface area contributed by atoms with Crippen LogP contribution in [0, 0.1) is 25.5 Å². The molecule has 0 amide bonds. The standard InChI is InChI=1S/C26H23ClF2N4O4/c1-14-10-30-19(18-5-4-6-23(32-18)26(3,36)13-34)9-21(14)33-15(2)7-22(24(27)25(33)35)37-12-20-17(29)8-16(28)11-31-20/h4-11,34,36H,12-13H2,1-3H3/t26-/m0/s1. The van der Waals surface area contributed by atoms with E-state index < -0.39 is 29.4 Å². The molecule has 11 heteroatoms. The number of pyridine rings is 4. The third kappa shape index (κ3) is 5.36. The quantitative estimate of drug-likeness (QED) is 0.373. The molecule has 8 nitrogen and oxygen atoms in total. The van der Waals surface area contributed by atoms with Crippen molar-refractivity contribution in [3.8, 4) is 22.8 Å². The molecule has 0 aliphatic carbocycles. The molecule has 0 spiro atoms. The summed E-state index contributed by atoms with van der Waals surface area (Å²) in [7, 11) is 0. The Balaban J connectivity index is 1.72. The van der Waals surface area contributed by atoms with Gasteiger partial charge in [-0.3, -0.25) is 19.3 Å². The number of aliphatic hydroxyl groups is 2. The fraction of sp³-hybridized carbons (Fsp3) is 0.231. The second-order valence-electron chi connectivity index (χ2n) is 8.67. The average molecular weight is 529 g/mol. The van der Waals surface area contributed by atoms with Crippen LogP contribution in [-0.2, 0) is 12.2 Å². The Morgan fingerprint density at radius 2 is 1.86 bits per heavy atom. The van der Waals surface area contributed by atoms with Crippen molar-refractivity contribution in [1.29, 1.82) is 0 Å². The molecule has 192 valence electrons. The van der Waals surface area contributed by atoms with E-state index in [0.29, 0.717) is 34.4 Å². The third-order valence-corrected chi connectivity index (χ3v) is 6.08. The normalized spacial score (nSPS) is 12.9. The zero-order valence-corrected chi connectivity index (χ0v) is 20.9. The van der Waals surface area contributed by atoms with Crippen molar-refractivity contribution in [2.75, 3.05) is 6.61 Å². The van der Waals surface area contributed by atoms with Gasteiger partial charge in [0, 0.05) is 24.0 Å². The zero-order valence-electron chi connectivity index (χ0n) is 20.2. The van der Waals surface area contributed by atoms with Gasteiger partial charge in [-0.15, -0.1) is 0 Å². The molecule has 4 heterocycles. The van der Waals surface area contributed by atoms with Crippen LogP contribution in [-0.4, -0.2) is 36.3 Å². The molecular weight excluding hydrogens is 506 g/mol. The van der Waals surface area contributed by atoms with Gasteiger partial charge in [-0.25, -0.2) is 13.8 Å². The fourth-order valence-corrected chi connectivity index (χ4v) is 3.83. The number of aromatic nitrogens is 4. The summed E-state index contributed by atoms with van der Waals surface area (Å²) < 4.78 is 33.9. The van der Waals surface area contributed by atoms with Gasteiger partial charge >= 0.3 is 0 Å². The summed E-state index contributed by atoms with van der Waals surface area (Å²) in [6.45, 7) is 4.04. The van der Waals surface area contributed by atoms with E-state index in [1.54, 1.807) is 44.3 Å². The van der Waals surface area contributed by atoms with E-state index in [1.807, 2.05) is 0 Å². The monoisotopic (exact) mass is 528 g/mol. The highest BCUT2D eigenvalue weighted by molar-refractivity contribution is 6.31. The van der Waals surface area contributed by atoms with Crippen LogP contribution < -0.4 is 10.3 Å². The van der Waals surface area contributed by atoms with Crippen molar-refractivity contribution < 1.29 is 23.7 Å². The molecule has 0 saturated heterocycles. The average Bonchev–Trinajstić information content (AvgIpc) is 2.87. The van der Waals surface area contributed by atoms with Gasteiger partial charge in [-0.1, -0.05) is 17.7 Å². The lowest BCUT2D eigenvalue weighted by Crippen LogP contribution is -2.27. The number of halogens is 3. The first-order chi connectivity index (χ1) is 17.5. The topological polar surface area (TPSA) is 110 Å². The highest BCUT2D eigenvalue weighted by Gasteiger charge is 2.24. The van der Waals surface area contributed by atoms with E-state index in [4.69, 9.17) is 16.3 Å². The van der Waals surface area contributed by atoms with Crippen LogP contribution >= 0.6 is 11.6 Å². The first-order valence-corrected chi connectivity index (χ1v) is 11.5. The maximum absolute atomic E-state index is 13.9. The molecule has 0 bridgehead atoms. The highest BCUT2D eigenvalue weighted by Crippen LogP contribution is 2.28. The molecule has 0 unspecified atom stereocenters. The summed E-state index contributed by atoms with van der Waals surface area (Å²) in [6.07, 6.45) is 2.45. The second-order valence-corrected chi connectivity index (χ2v) is 9.05. The number of nitrogens with zero attached hydrogens (tertiary/aromatic N) is 4. The summed E-state index contributed by atoms with van der Waals surface area (Å²) in [5.41, 5.74) is 0.520. The van der Waals surface area contributed by atoms with Crippen molar-refractivity contribution in [3.05, 3.63) is 98.4 Å². The Labute approximate surface area is 215 Å². The highest BCUT2D eigenvalue weighted by atomic mass is 35.5. The molecule has 0 fully saturated rings. The Kier molecular flexibility index (Phi) is 7.35. The summed E-state index contributed by atoms with van der Waals surface area (Å²) in [5, 5.41) is 19.6. The first-order valence-electron chi connectivity index (χ1n) is 11.1. The Morgan fingerprint density at radius 1 is 1.11 bits per heavy atom. The van der Waals surface area contributed by atoms with E-state index in [9.17, 15) is 23.8 Å². The molecular formula is C26H23ClF2N4O4. The summed E-state index contributed by atoms with van der Waals surface area (Å²) >= 11 is 6.34. The minimum Gasteiger partial charge on any atom is -0.485 e. The van der Waals surface area contributed by atoms with Gasteiger partial charge < -0.3 is 14.9 Å². The van der Waals surface area contributed by atoms with Crippen molar-refractivity contribution in [2.24, 2.45) is 0 Å². The van der Waals surface area contributed by atoms with Crippen LogP contribution in [0.3, 0.4) is 0 Å². The Morgan fingerprint density at radius 3 is 2.57 bits per heavy atom. The van der Waals surface area contributed by atoms with Crippen LogP contribution in [0.5, 0.6) is 5.75 Å². The Bertz CT molecular complexity index is 1540. The van der Waals surface area contributed by atoms with Gasteiger partial charge in [-0.05, 0) is 44.5 Å². The SMILES string of the molecule is Cc1cnc(-c2cccc([C@@](C)(O)CO)n2)cc1-n1c(C)cc(OCc2ncc(F)cc2F)c(Cl)c1=O. The van der Waals surface area contributed by atoms with Crippen LogP contribution in [0.15, 0.2) is 53.6 Å². The van der Waals surface area contributed by atoms with Crippen molar-refractivity contribution in [2.45, 2.75) is 33.0 Å². The van der Waals surface area contributed by atoms with Crippen LogP contribution in [0.25, 0.3) is 17.1 Å². The van der Waals surface area contributed by atoms with Gasteiger partial charge in [-0.2, -0.15) is 0 Å². The van der Waals surface area contributed by atoms with E-state index in [0.717, 1.165) is 6.20 Å². The fourth-order valence-electron chi connectivity index (χ4n) is 3.63. The largest absolute Gasteiger partial charge is 0.485 e. The van der Waals surface area contributed by atoms with Crippen molar-refractivity contribution >= 4 is 11.6 Å². The van der Waals surface area contributed by atoms with Crippen molar-refractivity contribution in [1.82, 2.24) is 19.5 Å². The number of rotatable bonds is 7. The lowest BCUT2D eigenvalue weighted by atomic mass is 10.0. The van der Waals surface area contributed by atoms with Gasteiger partial charge in [0.15, 0.2) is 5.82 Å².